The molecule has 1 aromatic carbocycles. The third-order valence-corrected chi connectivity index (χ3v) is 3.95. The van der Waals surface area contributed by atoms with E-state index in [2.05, 4.69) is 34.1 Å². The van der Waals surface area contributed by atoms with Crippen molar-refractivity contribution < 1.29 is 5.11 Å². The van der Waals surface area contributed by atoms with E-state index < -0.39 is 0 Å². The van der Waals surface area contributed by atoms with Crippen molar-refractivity contribution in [2.75, 3.05) is 6.61 Å². The zero-order chi connectivity index (χ0) is 10.7. The SMILES string of the molecule is OCCc1ccc(C2CCCC2)c(Br)c1. The first-order valence-electron chi connectivity index (χ1n) is 5.70. The lowest BCUT2D eigenvalue weighted by Gasteiger charge is -2.12. The van der Waals surface area contributed by atoms with Gasteiger partial charge in [0.05, 0.1) is 0 Å². The van der Waals surface area contributed by atoms with Crippen LogP contribution in [0.3, 0.4) is 0 Å². The fourth-order valence-corrected chi connectivity index (χ4v) is 3.17. The molecule has 0 aliphatic heterocycles. The normalized spacial score (nSPS) is 17.2. The Bertz CT molecular complexity index is 329. The molecule has 1 fully saturated rings. The highest BCUT2D eigenvalue weighted by molar-refractivity contribution is 9.10. The standard InChI is InChI=1S/C13H17BrO/c14-13-9-10(7-8-15)5-6-12(13)11-3-1-2-4-11/h5-6,9,11,15H,1-4,7-8H2. The summed E-state index contributed by atoms with van der Waals surface area (Å²) < 4.78 is 1.22. The highest BCUT2D eigenvalue weighted by Crippen LogP contribution is 2.37. The smallest absolute Gasteiger partial charge is 0.0471 e. The molecule has 0 saturated heterocycles. The first kappa shape index (κ1) is 11.2. The zero-order valence-corrected chi connectivity index (χ0v) is 10.5. The van der Waals surface area contributed by atoms with Gasteiger partial charge in [0.25, 0.3) is 0 Å². The van der Waals surface area contributed by atoms with Crippen molar-refractivity contribution in [1.82, 2.24) is 0 Å². The van der Waals surface area contributed by atoms with E-state index in [4.69, 9.17) is 5.11 Å². The summed E-state index contributed by atoms with van der Waals surface area (Å²) in [6.45, 7) is 0.231. The molecule has 0 radical (unpaired) electrons. The van der Waals surface area contributed by atoms with Gasteiger partial charge in [-0.2, -0.15) is 0 Å². The molecule has 15 heavy (non-hydrogen) atoms. The van der Waals surface area contributed by atoms with Crippen LogP contribution in [0.1, 0.15) is 42.7 Å². The van der Waals surface area contributed by atoms with E-state index in [-0.39, 0.29) is 6.61 Å². The maximum absolute atomic E-state index is 8.88. The minimum Gasteiger partial charge on any atom is -0.396 e. The maximum atomic E-state index is 8.88. The Morgan fingerprint density at radius 3 is 2.60 bits per heavy atom. The summed E-state index contributed by atoms with van der Waals surface area (Å²) in [7, 11) is 0. The van der Waals surface area contributed by atoms with Gasteiger partial charge >= 0.3 is 0 Å². The molecule has 82 valence electrons. The molecule has 0 bridgehead atoms. The number of hydrogen-bond acceptors (Lipinski definition) is 1. The van der Waals surface area contributed by atoms with Gasteiger partial charge in [0.1, 0.15) is 0 Å². The summed E-state index contributed by atoms with van der Waals surface area (Å²) >= 11 is 3.65. The van der Waals surface area contributed by atoms with Crippen LogP contribution in [0.25, 0.3) is 0 Å². The van der Waals surface area contributed by atoms with Crippen LogP contribution in [-0.2, 0) is 6.42 Å². The number of benzene rings is 1. The third kappa shape index (κ3) is 2.61. The van der Waals surface area contributed by atoms with Gasteiger partial charge in [-0.25, -0.2) is 0 Å². The van der Waals surface area contributed by atoms with Crippen molar-refractivity contribution in [3.63, 3.8) is 0 Å². The number of hydrogen-bond donors (Lipinski definition) is 1. The monoisotopic (exact) mass is 268 g/mol. The highest BCUT2D eigenvalue weighted by Gasteiger charge is 2.19. The number of rotatable bonds is 3. The van der Waals surface area contributed by atoms with Gasteiger partial charge in [-0.3, -0.25) is 0 Å². The summed E-state index contributed by atoms with van der Waals surface area (Å²) in [5.41, 5.74) is 2.67. The Balaban J connectivity index is 2.18. The summed E-state index contributed by atoms with van der Waals surface area (Å²) in [6.07, 6.45) is 6.16. The fourth-order valence-electron chi connectivity index (χ4n) is 2.42. The second kappa shape index (κ2) is 5.13. The van der Waals surface area contributed by atoms with Gasteiger partial charge in [-0.1, -0.05) is 40.9 Å². The van der Waals surface area contributed by atoms with Gasteiger partial charge in [-0.05, 0) is 42.4 Å². The van der Waals surface area contributed by atoms with Crippen molar-refractivity contribution >= 4 is 15.9 Å². The van der Waals surface area contributed by atoms with Gasteiger partial charge in [0.15, 0.2) is 0 Å². The van der Waals surface area contributed by atoms with Crippen LogP contribution in [0, 0.1) is 0 Å². The number of aliphatic hydroxyl groups is 1. The van der Waals surface area contributed by atoms with E-state index in [1.54, 1.807) is 0 Å². The molecule has 0 spiro atoms. The Labute approximate surface area is 99.6 Å². The Morgan fingerprint density at radius 2 is 2.00 bits per heavy atom. The van der Waals surface area contributed by atoms with Crippen molar-refractivity contribution in [3.05, 3.63) is 33.8 Å². The molecule has 0 unspecified atom stereocenters. The first-order valence-corrected chi connectivity index (χ1v) is 6.49. The number of aliphatic hydroxyl groups excluding tert-OH is 1. The molecule has 0 amide bonds. The van der Waals surface area contributed by atoms with Crippen molar-refractivity contribution in [2.24, 2.45) is 0 Å². The molecule has 1 aromatic rings. The maximum Gasteiger partial charge on any atom is 0.0471 e. The molecule has 1 N–H and O–H groups in total. The van der Waals surface area contributed by atoms with Gasteiger partial charge < -0.3 is 5.11 Å². The molecule has 1 aliphatic rings. The second-order valence-electron chi connectivity index (χ2n) is 4.31. The average Bonchev–Trinajstić information content (AvgIpc) is 2.71. The largest absolute Gasteiger partial charge is 0.396 e. The van der Waals surface area contributed by atoms with Crippen LogP contribution in [0.15, 0.2) is 22.7 Å². The van der Waals surface area contributed by atoms with Crippen molar-refractivity contribution in [3.8, 4) is 0 Å². The van der Waals surface area contributed by atoms with E-state index in [9.17, 15) is 0 Å². The van der Waals surface area contributed by atoms with E-state index in [0.29, 0.717) is 0 Å². The molecular weight excluding hydrogens is 252 g/mol. The summed E-state index contributed by atoms with van der Waals surface area (Å²) in [5, 5.41) is 8.88. The van der Waals surface area contributed by atoms with Crippen LogP contribution in [0.4, 0.5) is 0 Å². The predicted molar refractivity (Wildman–Crippen MR) is 66.1 cm³/mol. The molecule has 1 aliphatic carbocycles. The van der Waals surface area contributed by atoms with E-state index in [1.807, 2.05) is 0 Å². The quantitative estimate of drug-likeness (QED) is 0.888. The highest BCUT2D eigenvalue weighted by atomic mass is 79.9. The Hall–Kier alpha value is -0.340. The topological polar surface area (TPSA) is 20.2 Å². The van der Waals surface area contributed by atoms with Crippen LogP contribution in [0.5, 0.6) is 0 Å². The molecule has 2 heteroatoms. The van der Waals surface area contributed by atoms with Gasteiger partial charge in [0, 0.05) is 11.1 Å². The summed E-state index contributed by atoms with van der Waals surface area (Å²) in [4.78, 5) is 0. The molecule has 0 heterocycles. The molecular formula is C13H17BrO. The molecule has 0 aromatic heterocycles. The second-order valence-corrected chi connectivity index (χ2v) is 5.17. The minimum absolute atomic E-state index is 0.231. The van der Waals surface area contributed by atoms with Crippen LogP contribution < -0.4 is 0 Å². The average molecular weight is 269 g/mol. The predicted octanol–water partition coefficient (Wildman–Crippen LogP) is 3.64. The lowest BCUT2D eigenvalue weighted by molar-refractivity contribution is 0.299. The zero-order valence-electron chi connectivity index (χ0n) is 8.88. The lowest BCUT2D eigenvalue weighted by atomic mass is 9.96. The first-order chi connectivity index (χ1) is 7.31. The van der Waals surface area contributed by atoms with Gasteiger partial charge in [0.2, 0.25) is 0 Å². The van der Waals surface area contributed by atoms with Crippen LogP contribution >= 0.6 is 15.9 Å². The summed E-state index contributed by atoms with van der Waals surface area (Å²) in [6, 6.07) is 6.53. The Kier molecular flexibility index (Phi) is 3.81. The molecule has 1 nitrogen and oxygen atoms in total. The minimum atomic E-state index is 0.231. The molecule has 2 rings (SSSR count). The molecule has 1 saturated carbocycles. The van der Waals surface area contributed by atoms with E-state index >= 15 is 0 Å². The Morgan fingerprint density at radius 1 is 1.27 bits per heavy atom. The lowest BCUT2D eigenvalue weighted by Crippen LogP contribution is -1.96. The summed E-state index contributed by atoms with van der Waals surface area (Å²) in [5.74, 6) is 0.752. The van der Waals surface area contributed by atoms with Crippen LogP contribution in [-0.4, -0.2) is 11.7 Å². The van der Waals surface area contributed by atoms with E-state index in [1.165, 1.54) is 41.3 Å². The number of halogens is 1. The van der Waals surface area contributed by atoms with Crippen LogP contribution in [0.2, 0.25) is 0 Å². The van der Waals surface area contributed by atoms with Gasteiger partial charge in [-0.15, -0.1) is 0 Å². The van der Waals surface area contributed by atoms with Crippen molar-refractivity contribution in [1.29, 1.82) is 0 Å². The third-order valence-electron chi connectivity index (χ3n) is 3.26. The van der Waals surface area contributed by atoms with E-state index in [0.717, 1.165) is 12.3 Å². The van der Waals surface area contributed by atoms with Crippen molar-refractivity contribution in [2.45, 2.75) is 38.0 Å². The fraction of sp³-hybridized carbons (Fsp3) is 0.538. The molecule has 0 atom stereocenters.